The molecule has 1 aliphatic carbocycles. The van der Waals surface area contributed by atoms with Crippen molar-refractivity contribution in [1.29, 1.82) is 0 Å². The molecule has 1 fully saturated rings. The van der Waals surface area contributed by atoms with Crippen molar-refractivity contribution in [3.8, 4) is 0 Å². The lowest BCUT2D eigenvalue weighted by molar-refractivity contribution is 0.0778. The molecule has 2 aromatic rings. The van der Waals surface area contributed by atoms with Gasteiger partial charge in [0.25, 0.3) is 0 Å². The first-order chi connectivity index (χ1) is 12.3. The standard InChI is InChI=1S/C21H22N2O2/c1-2-25-21(24)23-11-10-22-17-9-4-3-6-14(17)12-15-7-5-8-16-13-18(23)20(22)19(15)16/h3-9,18,20H,2,10-13H2,1H3/t18-,20+/m0/s1. The first-order valence-corrected chi connectivity index (χ1v) is 9.16. The van der Waals surface area contributed by atoms with Crippen LogP contribution in [0.1, 0.15) is 35.2 Å². The molecule has 1 saturated heterocycles. The Labute approximate surface area is 148 Å². The lowest BCUT2D eigenvalue weighted by atomic mass is 9.96. The van der Waals surface area contributed by atoms with Gasteiger partial charge in [-0.25, -0.2) is 4.79 Å². The van der Waals surface area contributed by atoms with E-state index in [4.69, 9.17) is 4.74 Å². The number of amides is 1. The van der Waals surface area contributed by atoms with Crippen LogP contribution in [0.2, 0.25) is 0 Å². The molecule has 4 heteroatoms. The molecule has 0 saturated carbocycles. The van der Waals surface area contributed by atoms with E-state index in [2.05, 4.69) is 47.4 Å². The number of hydrogen-bond donors (Lipinski definition) is 0. The van der Waals surface area contributed by atoms with Crippen LogP contribution in [0.4, 0.5) is 10.5 Å². The molecular formula is C21H22N2O2. The zero-order valence-electron chi connectivity index (χ0n) is 14.4. The number of fused-ring (bicyclic) bond motifs is 2. The molecule has 1 amide bonds. The number of hydrogen-bond acceptors (Lipinski definition) is 3. The summed E-state index contributed by atoms with van der Waals surface area (Å²) in [5, 5.41) is 0. The van der Waals surface area contributed by atoms with Gasteiger partial charge in [-0.15, -0.1) is 0 Å². The number of nitrogens with zero attached hydrogens (tertiary/aromatic N) is 2. The third-order valence-electron chi connectivity index (χ3n) is 5.88. The number of para-hydroxylation sites is 1. The molecule has 0 aromatic heterocycles. The predicted octanol–water partition coefficient (Wildman–Crippen LogP) is 3.54. The fraction of sp³-hybridized carbons (Fsp3) is 0.381. The first kappa shape index (κ1) is 14.8. The fourth-order valence-corrected chi connectivity index (χ4v) is 4.92. The number of carbonyl (C=O) groups excluding carboxylic acids is 1. The molecule has 0 radical (unpaired) electrons. The van der Waals surface area contributed by atoms with Crippen LogP contribution >= 0.6 is 0 Å². The van der Waals surface area contributed by atoms with E-state index in [-0.39, 0.29) is 18.2 Å². The second kappa shape index (κ2) is 5.51. The highest BCUT2D eigenvalue weighted by molar-refractivity contribution is 5.71. The Morgan fingerprint density at radius 3 is 2.76 bits per heavy atom. The number of ether oxygens (including phenoxy) is 1. The average Bonchev–Trinajstić information content (AvgIpc) is 2.95. The van der Waals surface area contributed by atoms with E-state index < -0.39 is 0 Å². The third-order valence-corrected chi connectivity index (χ3v) is 5.88. The number of carbonyl (C=O) groups is 1. The van der Waals surface area contributed by atoms with Gasteiger partial charge in [-0.05, 0) is 48.1 Å². The van der Waals surface area contributed by atoms with Crippen molar-refractivity contribution < 1.29 is 9.53 Å². The summed E-state index contributed by atoms with van der Waals surface area (Å²) in [6.07, 6.45) is 1.73. The van der Waals surface area contributed by atoms with Crippen molar-refractivity contribution in [3.63, 3.8) is 0 Å². The molecule has 2 heterocycles. The first-order valence-electron chi connectivity index (χ1n) is 9.16. The molecule has 0 unspecified atom stereocenters. The normalized spacial score (nSPS) is 22.9. The van der Waals surface area contributed by atoms with Gasteiger partial charge in [0.2, 0.25) is 0 Å². The van der Waals surface area contributed by atoms with E-state index in [1.165, 1.54) is 27.9 Å². The Morgan fingerprint density at radius 1 is 1.08 bits per heavy atom. The second-order valence-corrected chi connectivity index (χ2v) is 7.10. The minimum absolute atomic E-state index is 0.162. The van der Waals surface area contributed by atoms with Crippen LogP contribution in [0, 0.1) is 0 Å². The van der Waals surface area contributed by atoms with Crippen LogP contribution in [0.3, 0.4) is 0 Å². The average molecular weight is 334 g/mol. The lowest BCUT2D eigenvalue weighted by Gasteiger charge is -2.45. The van der Waals surface area contributed by atoms with Crippen LogP contribution in [0.5, 0.6) is 0 Å². The maximum atomic E-state index is 12.5. The molecule has 2 aromatic carbocycles. The van der Waals surface area contributed by atoms with Crippen LogP contribution < -0.4 is 4.90 Å². The van der Waals surface area contributed by atoms with E-state index >= 15 is 0 Å². The minimum atomic E-state index is -0.168. The summed E-state index contributed by atoms with van der Waals surface area (Å²) in [5.74, 6) is 0. The van der Waals surface area contributed by atoms with Gasteiger partial charge in [0, 0.05) is 18.8 Å². The van der Waals surface area contributed by atoms with Crippen LogP contribution in [-0.2, 0) is 17.6 Å². The topological polar surface area (TPSA) is 32.8 Å². The van der Waals surface area contributed by atoms with Crippen LogP contribution in [0.15, 0.2) is 42.5 Å². The predicted molar refractivity (Wildman–Crippen MR) is 97.0 cm³/mol. The monoisotopic (exact) mass is 334 g/mol. The van der Waals surface area contributed by atoms with Crippen molar-refractivity contribution >= 4 is 11.8 Å². The highest BCUT2D eigenvalue weighted by Gasteiger charge is 2.47. The maximum Gasteiger partial charge on any atom is 0.410 e. The van der Waals surface area contributed by atoms with Crippen molar-refractivity contribution in [2.45, 2.75) is 31.8 Å². The Balaban J connectivity index is 1.65. The van der Waals surface area contributed by atoms with Crippen LogP contribution in [-0.4, -0.2) is 36.7 Å². The summed E-state index contributed by atoms with van der Waals surface area (Å²) < 4.78 is 5.34. The number of benzene rings is 2. The molecule has 128 valence electrons. The zero-order valence-corrected chi connectivity index (χ0v) is 14.4. The highest BCUT2D eigenvalue weighted by Crippen LogP contribution is 2.48. The summed E-state index contributed by atoms with van der Waals surface area (Å²) in [4.78, 5) is 17.0. The van der Waals surface area contributed by atoms with E-state index in [1.807, 2.05) is 11.8 Å². The Bertz CT molecular complexity index is 848. The third kappa shape index (κ3) is 2.10. The zero-order chi connectivity index (χ0) is 17.0. The van der Waals surface area contributed by atoms with E-state index in [0.717, 1.165) is 25.9 Å². The number of rotatable bonds is 1. The SMILES string of the molecule is CCOC(=O)N1CCN2c3ccccc3Cc3cccc4c3[C@H]2[C@@H]1C4. The molecule has 0 bridgehead atoms. The maximum absolute atomic E-state index is 12.5. The van der Waals surface area contributed by atoms with E-state index in [1.54, 1.807) is 0 Å². The summed E-state index contributed by atoms with van der Waals surface area (Å²) in [6.45, 7) is 3.87. The molecular weight excluding hydrogens is 312 g/mol. The minimum Gasteiger partial charge on any atom is -0.450 e. The van der Waals surface area contributed by atoms with Gasteiger partial charge in [-0.2, -0.15) is 0 Å². The lowest BCUT2D eigenvalue weighted by Crippen LogP contribution is -2.55. The summed E-state index contributed by atoms with van der Waals surface area (Å²) >= 11 is 0. The summed E-state index contributed by atoms with van der Waals surface area (Å²) in [5.41, 5.74) is 6.95. The van der Waals surface area contributed by atoms with Gasteiger partial charge in [0.1, 0.15) is 0 Å². The molecule has 4 nitrogen and oxygen atoms in total. The van der Waals surface area contributed by atoms with Gasteiger partial charge in [-0.3, -0.25) is 0 Å². The van der Waals surface area contributed by atoms with E-state index in [0.29, 0.717) is 6.61 Å². The molecule has 2 atom stereocenters. The van der Waals surface area contributed by atoms with Crippen molar-refractivity contribution in [1.82, 2.24) is 4.90 Å². The molecule has 0 N–H and O–H groups in total. The highest BCUT2D eigenvalue weighted by atomic mass is 16.6. The Kier molecular flexibility index (Phi) is 3.27. The quantitative estimate of drug-likeness (QED) is 0.800. The molecule has 0 spiro atoms. The van der Waals surface area contributed by atoms with Gasteiger partial charge >= 0.3 is 6.09 Å². The molecule has 25 heavy (non-hydrogen) atoms. The fourth-order valence-electron chi connectivity index (χ4n) is 4.92. The number of piperazine rings is 1. The van der Waals surface area contributed by atoms with Crippen LogP contribution in [0.25, 0.3) is 0 Å². The number of anilines is 1. The van der Waals surface area contributed by atoms with Gasteiger partial charge in [0.05, 0.1) is 18.7 Å². The smallest absolute Gasteiger partial charge is 0.410 e. The van der Waals surface area contributed by atoms with Crippen molar-refractivity contribution in [2.24, 2.45) is 0 Å². The van der Waals surface area contributed by atoms with Gasteiger partial charge in [0.15, 0.2) is 0 Å². The summed E-state index contributed by atoms with van der Waals surface area (Å²) in [7, 11) is 0. The van der Waals surface area contributed by atoms with Crippen molar-refractivity contribution in [3.05, 3.63) is 64.7 Å². The molecule has 5 rings (SSSR count). The van der Waals surface area contributed by atoms with Gasteiger partial charge < -0.3 is 14.5 Å². The molecule has 2 aliphatic heterocycles. The van der Waals surface area contributed by atoms with E-state index in [9.17, 15) is 4.79 Å². The van der Waals surface area contributed by atoms with Crippen molar-refractivity contribution in [2.75, 3.05) is 24.6 Å². The molecule has 3 aliphatic rings. The Hall–Kier alpha value is -2.49. The Morgan fingerprint density at radius 2 is 1.88 bits per heavy atom. The summed E-state index contributed by atoms with van der Waals surface area (Å²) in [6, 6.07) is 15.8. The van der Waals surface area contributed by atoms with Gasteiger partial charge in [-0.1, -0.05) is 36.4 Å². The second-order valence-electron chi connectivity index (χ2n) is 7.10. The largest absolute Gasteiger partial charge is 0.450 e.